The second-order valence-corrected chi connectivity index (χ2v) is 11.1. The van der Waals surface area contributed by atoms with E-state index in [0.717, 1.165) is 37.3 Å². The number of Topliss-reactive ketones (excluding diaryl/α,β-unsaturated/α-hetero) is 1. The van der Waals surface area contributed by atoms with E-state index in [9.17, 15) is 4.79 Å². The molecule has 0 aromatic carbocycles. The Morgan fingerprint density at radius 3 is 2.62 bits per heavy atom. The lowest BCUT2D eigenvalue weighted by molar-refractivity contribution is -0.139. The fourth-order valence-electron chi connectivity index (χ4n) is 8.68. The van der Waals surface area contributed by atoms with E-state index in [2.05, 4.69) is 18.7 Å². The second-order valence-electron chi connectivity index (χ2n) is 11.1. The first-order chi connectivity index (χ1) is 12.5. The largest absolute Gasteiger partial charge is 0.370 e. The Kier molecular flexibility index (Phi) is 3.40. The summed E-state index contributed by atoms with van der Waals surface area (Å²) < 4.78 is 5.96. The van der Waals surface area contributed by atoms with Crippen molar-refractivity contribution in [2.75, 3.05) is 13.1 Å². The van der Waals surface area contributed by atoms with E-state index in [-0.39, 0.29) is 11.5 Å². The molecular formula is C23H35NO2. The second kappa shape index (κ2) is 5.35. The van der Waals surface area contributed by atoms with Gasteiger partial charge >= 0.3 is 0 Å². The number of carbonyl (C=O) groups excluding carboxylic acids is 1. The van der Waals surface area contributed by atoms with Crippen molar-refractivity contribution in [3.05, 3.63) is 0 Å². The van der Waals surface area contributed by atoms with E-state index in [1.165, 1.54) is 51.4 Å². The molecular weight excluding hydrogens is 322 g/mol. The van der Waals surface area contributed by atoms with Gasteiger partial charge < -0.3 is 4.74 Å². The Balaban J connectivity index is 1.30. The van der Waals surface area contributed by atoms with Crippen LogP contribution in [0.5, 0.6) is 0 Å². The maximum absolute atomic E-state index is 13.5. The molecule has 0 amide bonds. The molecule has 0 radical (unpaired) electrons. The zero-order valence-electron chi connectivity index (χ0n) is 16.6. The van der Waals surface area contributed by atoms with Crippen molar-refractivity contribution >= 4 is 5.78 Å². The number of likely N-dealkylation sites (tertiary alicyclic amines) is 1. The minimum Gasteiger partial charge on any atom is -0.370 e. The molecule has 26 heavy (non-hydrogen) atoms. The van der Waals surface area contributed by atoms with Crippen LogP contribution in [0, 0.1) is 34.5 Å². The molecule has 3 nitrogen and oxygen atoms in total. The smallest absolute Gasteiger partial charge is 0.156 e. The minimum absolute atomic E-state index is 0.0229. The fourth-order valence-corrected chi connectivity index (χ4v) is 8.68. The van der Waals surface area contributed by atoms with Crippen molar-refractivity contribution in [2.45, 2.75) is 89.9 Å². The van der Waals surface area contributed by atoms with E-state index in [1.807, 2.05) is 0 Å². The molecule has 6 rings (SSSR count). The maximum atomic E-state index is 13.5. The lowest BCUT2D eigenvalue weighted by atomic mass is 9.45. The molecule has 144 valence electrons. The van der Waals surface area contributed by atoms with Crippen molar-refractivity contribution in [3.8, 4) is 0 Å². The zero-order valence-corrected chi connectivity index (χ0v) is 16.6. The van der Waals surface area contributed by atoms with Crippen molar-refractivity contribution < 1.29 is 9.53 Å². The van der Waals surface area contributed by atoms with Crippen LogP contribution < -0.4 is 0 Å². The zero-order chi connectivity index (χ0) is 17.7. The van der Waals surface area contributed by atoms with Gasteiger partial charge in [-0.3, -0.25) is 9.69 Å². The highest BCUT2D eigenvalue weighted by molar-refractivity contribution is 5.92. The van der Waals surface area contributed by atoms with Gasteiger partial charge in [0, 0.05) is 5.41 Å². The summed E-state index contributed by atoms with van der Waals surface area (Å²) in [6.07, 6.45) is 12.8. The first kappa shape index (κ1) is 16.5. The summed E-state index contributed by atoms with van der Waals surface area (Å²) in [5.41, 5.74) is 0.460. The molecule has 6 aliphatic rings. The molecule has 0 bridgehead atoms. The summed E-state index contributed by atoms with van der Waals surface area (Å²) >= 11 is 0. The number of fused-ring (bicyclic) bond motifs is 6. The van der Waals surface area contributed by atoms with Gasteiger partial charge in [0.2, 0.25) is 0 Å². The molecule has 2 heterocycles. The number of ketones is 1. The van der Waals surface area contributed by atoms with Gasteiger partial charge in [-0.2, -0.15) is 0 Å². The minimum atomic E-state index is -0.0229. The maximum Gasteiger partial charge on any atom is 0.156 e. The topological polar surface area (TPSA) is 32.8 Å². The van der Waals surface area contributed by atoms with Crippen LogP contribution in [0.3, 0.4) is 0 Å². The predicted octanol–water partition coefficient (Wildman–Crippen LogP) is 4.05. The van der Waals surface area contributed by atoms with Crippen LogP contribution in [-0.4, -0.2) is 42.0 Å². The van der Waals surface area contributed by atoms with Crippen molar-refractivity contribution in [1.29, 1.82) is 0 Å². The van der Waals surface area contributed by atoms with Crippen LogP contribution in [-0.2, 0) is 9.53 Å². The standard InChI is InChI=1S/C23H35NO2/c1-22-8-7-16-15(6-5-14-11-19-20(26-19)13-23(14,16)2)17(22)12-18(21(22)25)24-9-3-4-10-24/h14-20H,3-13H2,1-2H3/t14-,15+,16-,17-,18-,19+,20?,22-,23-/m0/s1. The summed E-state index contributed by atoms with van der Waals surface area (Å²) in [6.45, 7) is 7.27. The summed E-state index contributed by atoms with van der Waals surface area (Å²) in [5, 5.41) is 0. The Labute approximate surface area is 158 Å². The monoisotopic (exact) mass is 357 g/mol. The van der Waals surface area contributed by atoms with Crippen molar-refractivity contribution in [1.82, 2.24) is 4.90 Å². The molecule has 1 unspecified atom stereocenters. The molecule has 0 aromatic heterocycles. The van der Waals surface area contributed by atoms with Crippen molar-refractivity contribution in [3.63, 3.8) is 0 Å². The molecule has 6 fully saturated rings. The van der Waals surface area contributed by atoms with Crippen LogP contribution in [0.1, 0.15) is 71.6 Å². The number of hydrogen-bond acceptors (Lipinski definition) is 3. The fraction of sp³-hybridized carbons (Fsp3) is 0.957. The van der Waals surface area contributed by atoms with E-state index < -0.39 is 0 Å². The van der Waals surface area contributed by atoms with E-state index in [0.29, 0.717) is 29.3 Å². The summed E-state index contributed by atoms with van der Waals surface area (Å²) in [4.78, 5) is 16.0. The molecule has 4 saturated carbocycles. The average Bonchev–Trinajstić information content (AvgIpc) is 3.02. The molecule has 3 heteroatoms. The summed E-state index contributed by atoms with van der Waals surface area (Å²) in [7, 11) is 0. The van der Waals surface area contributed by atoms with Crippen LogP contribution in [0.4, 0.5) is 0 Å². The summed E-state index contributed by atoms with van der Waals surface area (Å²) in [5.74, 6) is 3.78. The number of ether oxygens (including phenoxy) is 1. The molecule has 2 saturated heterocycles. The van der Waals surface area contributed by atoms with Gasteiger partial charge in [0.25, 0.3) is 0 Å². The molecule has 0 aromatic rings. The van der Waals surface area contributed by atoms with Gasteiger partial charge in [0.1, 0.15) is 0 Å². The Morgan fingerprint density at radius 1 is 1.00 bits per heavy atom. The Morgan fingerprint density at radius 2 is 1.81 bits per heavy atom. The SMILES string of the molecule is C[C@]12CC3O[C@@H]3C[C@@H]1CC[C@@H]1[C@@H]2CC[C@]2(C)C(=O)[C@@H](N3CCCC3)C[C@@H]12. The van der Waals surface area contributed by atoms with Crippen LogP contribution in [0.2, 0.25) is 0 Å². The van der Waals surface area contributed by atoms with Gasteiger partial charge in [0.05, 0.1) is 18.2 Å². The van der Waals surface area contributed by atoms with E-state index in [4.69, 9.17) is 4.74 Å². The van der Waals surface area contributed by atoms with Crippen LogP contribution in [0.25, 0.3) is 0 Å². The van der Waals surface area contributed by atoms with Gasteiger partial charge in [-0.05, 0) is 100.0 Å². The third-order valence-corrected chi connectivity index (χ3v) is 10.2. The molecule has 9 atom stereocenters. The van der Waals surface area contributed by atoms with Gasteiger partial charge in [0.15, 0.2) is 5.78 Å². The molecule has 0 N–H and O–H groups in total. The average molecular weight is 358 g/mol. The predicted molar refractivity (Wildman–Crippen MR) is 101 cm³/mol. The van der Waals surface area contributed by atoms with E-state index >= 15 is 0 Å². The third kappa shape index (κ3) is 2.05. The van der Waals surface area contributed by atoms with E-state index in [1.54, 1.807) is 0 Å². The lowest BCUT2D eigenvalue weighted by Crippen LogP contribution is -2.53. The van der Waals surface area contributed by atoms with Crippen molar-refractivity contribution in [2.24, 2.45) is 34.5 Å². The number of nitrogens with zero attached hydrogens (tertiary/aromatic N) is 1. The molecule has 0 spiro atoms. The highest BCUT2D eigenvalue weighted by Crippen LogP contribution is 2.67. The number of epoxide rings is 1. The lowest BCUT2D eigenvalue weighted by Gasteiger charge is -2.58. The Hall–Kier alpha value is -0.410. The van der Waals surface area contributed by atoms with Gasteiger partial charge in [-0.15, -0.1) is 0 Å². The highest BCUT2D eigenvalue weighted by atomic mass is 16.6. The quantitative estimate of drug-likeness (QED) is 0.664. The normalized spacial score (nSPS) is 58.7. The molecule has 2 aliphatic heterocycles. The first-order valence-corrected chi connectivity index (χ1v) is 11.4. The van der Waals surface area contributed by atoms with Crippen LogP contribution in [0.15, 0.2) is 0 Å². The highest BCUT2D eigenvalue weighted by Gasteiger charge is 2.65. The number of rotatable bonds is 1. The Bertz CT molecular complexity index is 628. The first-order valence-electron chi connectivity index (χ1n) is 11.4. The number of carbonyl (C=O) groups is 1. The van der Waals surface area contributed by atoms with Crippen LogP contribution >= 0.6 is 0 Å². The number of hydrogen-bond donors (Lipinski definition) is 0. The summed E-state index contributed by atoms with van der Waals surface area (Å²) in [6, 6.07) is 0.249. The molecule has 4 aliphatic carbocycles. The van der Waals surface area contributed by atoms with Gasteiger partial charge in [-0.25, -0.2) is 0 Å². The third-order valence-electron chi connectivity index (χ3n) is 10.2. The van der Waals surface area contributed by atoms with Gasteiger partial charge in [-0.1, -0.05) is 13.8 Å².